The van der Waals surface area contributed by atoms with Gasteiger partial charge in [-0.1, -0.05) is 0 Å². The van der Waals surface area contributed by atoms with Crippen LogP contribution in [-0.4, -0.2) is 9.97 Å². The molecule has 5 nitrogen and oxygen atoms in total. The third-order valence-corrected chi connectivity index (χ3v) is 2.02. The molecule has 0 saturated carbocycles. The number of anilines is 3. The van der Waals surface area contributed by atoms with Gasteiger partial charge < -0.3 is 11.1 Å². The molecular formula is C11H8FN5. The summed E-state index contributed by atoms with van der Waals surface area (Å²) < 4.78 is 12.9. The van der Waals surface area contributed by atoms with Crippen molar-refractivity contribution in [1.82, 2.24) is 9.97 Å². The van der Waals surface area contributed by atoms with Gasteiger partial charge in [0.2, 0.25) is 5.95 Å². The highest BCUT2D eigenvalue weighted by Gasteiger charge is 2.05. The lowest BCUT2D eigenvalue weighted by Gasteiger charge is -2.06. The molecule has 0 saturated heterocycles. The molecule has 0 radical (unpaired) electrons. The molecule has 17 heavy (non-hydrogen) atoms. The molecule has 0 aliphatic carbocycles. The highest BCUT2D eigenvalue weighted by Crippen LogP contribution is 2.19. The van der Waals surface area contributed by atoms with Gasteiger partial charge >= 0.3 is 0 Å². The summed E-state index contributed by atoms with van der Waals surface area (Å²) in [5.74, 6) is -0.173. The summed E-state index contributed by atoms with van der Waals surface area (Å²) in [6.45, 7) is 0. The van der Waals surface area contributed by atoms with Crippen molar-refractivity contribution in [2.24, 2.45) is 0 Å². The standard InChI is InChI=1S/C11H8FN5/c12-8-1-2-10(7(3-8)4-13)17-11-15-5-9(14)6-16-11/h1-3,5-6H,14H2,(H,15,16,17). The number of nitriles is 1. The Morgan fingerprint density at radius 2 is 2.00 bits per heavy atom. The zero-order valence-electron chi connectivity index (χ0n) is 8.68. The average molecular weight is 229 g/mol. The van der Waals surface area contributed by atoms with Gasteiger partial charge in [0.1, 0.15) is 11.9 Å². The lowest BCUT2D eigenvalue weighted by molar-refractivity contribution is 0.627. The van der Waals surface area contributed by atoms with Crippen molar-refractivity contribution in [1.29, 1.82) is 5.26 Å². The molecule has 2 rings (SSSR count). The Labute approximate surface area is 96.7 Å². The van der Waals surface area contributed by atoms with Gasteiger partial charge in [0.25, 0.3) is 0 Å². The monoisotopic (exact) mass is 229 g/mol. The van der Waals surface area contributed by atoms with Gasteiger partial charge in [-0.3, -0.25) is 0 Å². The SMILES string of the molecule is N#Cc1cc(F)ccc1Nc1ncc(N)cn1. The number of halogens is 1. The van der Waals surface area contributed by atoms with Crippen molar-refractivity contribution in [3.05, 3.63) is 42.0 Å². The number of rotatable bonds is 2. The number of hydrogen-bond donors (Lipinski definition) is 2. The van der Waals surface area contributed by atoms with E-state index in [1.165, 1.54) is 24.5 Å². The summed E-state index contributed by atoms with van der Waals surface area (Å²) in [5, 5.41) is 11.7. The van der Waals surface area contributed by atoms with Gasteiger partial charge in [0.05, 0.1) is 29.3 Å². The Kier molecular flexibility index (Phi) is 2.83. The summed E-state index contributed by atoms with van der Waals surface area (Å²) >= 11 is 0. The van der Waals surface area contributed by atoms with E-state index in [4.69, 9.17) is 11.0 Å². The molecule has 3 N–H and O–H groups in total. The van der Waals surface area contributed by atoms with E-state index < -0.39 is 5.82 Å². The Hall–Kier alpha value is -2.68. The van der Waals surface area contributed by atoms with E-state index in [0.29, 0.717) is 17.3 Å². The molecule has 84 valence electrons. The Morgan fingerprint density at radius 1 is 1.29 bits per heavy atom. The number of benzene rings is 1. The lowest BCUT2D eigenvalue weighted by atomic mass is 10.2. The first-order valence-corrected chi connectivity index (χ1v) is 4.73. The molecule has 0 atom stereocenters. The van der Waals surface area contributed by atoms with Crippen LogP contribution in [0.2, 0.25) is 0 Å². The lowest BCUT2D eigenvalue weighted by Crippen LogP contribution is -2.00. The molecule has 2 aromatic rings. The van der Waals surface area contributed by atoms with Crippen molar-refractivity contribution in [3.63, 3.8) is 0 Å². The first-order valence-electron chi connectivity index (χ1n) is 4.73. The largest absolute Gasteiger partial charge is 0.396 e. The van der Waals surface area contributed by atoms with Gasteiger partial charge in [0.15, 0.2) is 0 Å². The second-order valence-corrected chi connectivity index (χ2v) is 3.27. The molecule has 0 aliphatic heterocycles. The van der Waals surface area contributed by atoms with Crippen LogP contribution in [-0.2, 0) is 0 Å². The van der Waals surface area contributed by atoms with E-state index in [1.807, 2.05) is 6.07 Å². The zero-order chi connectivity index (χ0) is 12.3. The maximum atomic E-state index is 12.9. The second-order valence-electron chi connectivity index (χ2n) is 3.27. The smallest absolute Gasteiger partial charge is 0.227 e. The summed E-state index contributed by atoms with van der Waals surface area (Å²) in [5.41, 5.74) is 6.51. The van der Waals surface area contributed by atoms with E-state index in [2.05, 4.69) is 15.3 Å². The van der Waals surface area contributed by atoms with E-state index >= 15 is 0 Å². The fraction of sp³-hybridized carbons (Fsp3) is 0. The average Bonchev–Trinajstić information content (AvgIpc) is 2.34. The van der Waals surface area contributed by atoms with Gasteiger partial charge in [-0.25, -0.2) is 14.4 Å². The van der Waals surface area contributed by atoms with Crippen LogP contribution >= 0.6 is 0 Å². The number of nitrogens with one attached hydrogen (secondary N) is 1. The number of aromatic nitrogens is 2. The highest BCUT2D eigenvalue weighted by atomic mass is 19.1. The Balaban J connectivity index is 2.30. The number of hydrogen-bond acceptors (Lipinski definition) is 5. The van der Waals surface area contributed by atoms with E-state index in [0.717, 1.165) is 6.07 Å². The summed E-state index contributed by atoms with van der Waals surface area (Å²) in [7, 11) is 0. The van der Waals surface area contributed by atoms with Gasteiger partial charge in [-0.15, -0.1) is 0 Å². The topological polar surface area (TPSA) is 87.6 Å². The van der Waals surface area contributed by atoms with Crippen molar-refractivity contribution < 1.29 is 4.39 Å². The quantitative estimate of drug-likeness (QED) is 0.819. The first kappa shape index (κ1) is 10.8. The molecule has 0 bridgehead atoms. The van der Waals surface area contributed by atoms with Crippen LogP contribution in [0.25, 0.3) is 0 Å². The number of nitrogen functional groups attached to an aromatic ring is 1. The number of nitrogens with two attached hydrogens (primary N) is 1. The third kappa shape index (κ3) is 2.46. The molecule has 1 aromatic carbocycles. The van der Waals surface area contributed by atoms with Crippen LogP contribution in [0.4, 0.5) is 21.7 Å². The minimum absolute atomic E-state index is 0.186. The molecule has 0 unspecified atom stereocenters. The Bertz CT molecular complexity index is 573. The Morgan fingerprint density at radius 3 is 2.65 bits per heavy atom. The fourth-order valence-electron chi connectivity index (χ4n) is 1.24. The van der Waals surface area contributed by atoms with Gasteiger partial charge in [-0.2, -0.15) is 5.26 Å². The zero-order valence-corrected chi connectivity index (χ0v) is 8.68. The summed E-state index contributed by atoms with van der Waals surface area (Å²) in [6, 6.07) is 5.73. The van der Waals surface area contributed by atoms with Crippen LogP contribution in [0.15, 0.2) is 30.6 Å². The normalized spacial score (nSPS) is 9.65. The van der Waals surface area contributed by atoms with Crippen LogP contribution in [0.1, 0.15) is 5.56 Å². The molecule has 6 heteroatoms. The maximum absolute atomic E-state index is 12.9. The van der Waals surface area contributed by atoms with Crippen LogP contribution in [0.3, 0.4) is 0 Å². The molecule has 1 aromatic heterocycles. The molecule has 0 fully saturated rings. The van der Waals surface area contributed by atoms with Crippen molar-refractivity contribution in [2.45, 2.75) is 0 Å². The fourth-order valence-corrected chi connectivity index (χ4v) is 1.24. The van der Waals surface area contributed by atoms with Crippen molar-refractivity contribution in [2.75, 3.05) is 11.1 Å². The third-order valence-electron chi connectivity index (χ3n) is 2.02. The minimum atomic E-state index is -0.467. The molecular weight excluding hydrogens is 221 g/mol. The van der Waals surface area contributed by atoms with E-state index in [-0.39, 0.29) is 5.56 Å². The highest BCUT2D eigenvalue weighted by molar-refractivity contribution is 5.63. The van der Waals surface area contributed by atoms with E-state index in [1.54, 1.807) is 0 Å². The molecule has 1 heterocycles. The number of nitrogens with zero attached hydrogens (tertiary/aromatic N) is 3. The van der Waals surface area contributed by atoms with Crippen molar-refractivity contribution >= 4 is 17.3 Å². The van der Waals surface area contributed by atoms with Crippen LogP contribution in [0, 0.1) is 17.1 Å². The van der Waals surface area contributed by atoms with Gasteiger partial charge in [0, 0.05) is 0 Å². The predicted molar refractivity (Wildman–Crippen MR) is 60.8 cm³/mol. The summed E-state index contributed by atoms with van der Waals surface area (Å²) in [4.78, 5) is 7.84. The first-order chi connectivity index (χ1) is 8.19. The van der Waals surface area contributed by atoms with Crippen LogP contribution in [0.5, 0.6) is 0 Å². The second kappa shape index (κ2) is 4.45. The molecule has 0 aliphatic rings. The minimum Gasteiger partial charge on any atom is -0.396 e. The van der Waals surface area contributed by atoms with Crippen LogP contribution < -0.4 is 11.1 Å². The van der Waals surface area contributed by atoms with E-state index in [9.17, 15) is 4.39 Å². The molecule has 0 amide bonds. The van der Waals surface area contributed by atoms with Gasteiger partial charge in [-0.05, 0) is 18.2 Å². The predicted octanol–water partition coefficient (Wildman–Crippen LogP) is 1.81. The molecule has 0 spiro atoms. The van der Waals surface area contributed by atoms with Crippen molar-refractivity contribution in [3.8, 4) is 6.07 Å². The summed E-state index contributed by atoms with van der Waals surface area (Å²) in [6.07, 6.45) is 2.87. The maximum Gasteiger partial charge on any atom is 0.227 e.